The quantitative estimate of drug-likeness (QED) is 0.402. The number of hydrogen-bond acceptors (Lipinski definition) is 3. The van der Waals surface area contributed by atoms with Crippen LogP contribution >= 0.6 is 0 Å². The van der Waals surface area contributed by atoms with Gasteiger partial charge in [0.1, 0.15) is 5.75 Å². The minimum absolute atomic E-state index is 0.0373. The number of carbonyl (C=O) groups excluding carboxylic acids is 2. The van der Waals surface area contributed by atoms with Crippen molar-refractivity contribution in [2.75, 3.05) is 13.6 Å². The van der Waals surface area contributed by atoms with Crippen LogP contribution in [0.2, 0.25) is 0 Å². The second-order valence-corrected chi connectivity index (χ2v) is 10.4. The maximum atomic E-state index is 13.3. The monoisotopic (exact) mass is 496 g/mol. The average Bonchev–Trinajstić information content (AvgIpc) is 3.77. The van der Waals surface area contributed by atoms with Crippen LogP contribution in [-0.4, -0.2) is 41.3 Å². The Balaban J connectivity index is 1.40. The highest BCUT2D eigenvalue weighted by molar-refractivity contribution is 5.82. The van der Waals surface area contributed by atoms with Crippen molar-refractivity contribution in [3.8, 4) is 5.75 Å². The fraction of sp³-hybridized carbons (Fsp3) is 0.375. The van der Waals surface area contributed by atoms with Gasteiger partial charge in [0.25, 0.3) is 5.91 Å². The molecule has 3 aromatic rings. The number of benzene rings is 3. The first kappa shape index (κ1) is 25.1. The third-order valence-electron chi connectivity index (χ3n) is 7.51. The van der Waals surface area contributed by atoms with Crippen LogP contribution < -0.4 is 4.74 Å². The molecule has 0 bridgehead atoms. The van der Waals surface area contributed by atoms with Gasteiger partial charge in [0.05, 0.1) is 6.04 Å². The van der Waals surface area contributed by atoms with Gasteiger partial charge in [0.2, 0.25) is 5.91 Å². The van der Waals surface area contributed by atoms with Crippen molar-refractivity contribution in [3.05, 3.63) is 101 Å². The molecular weight excluding hydrogens is 460 g/mol. The molecule has 192 valence electrons. The molecule has 1 saturated carbocycles. The molecule has 2 aliphatic rings. The lowest BCUT2D eigenvalue weighted by molar-refractivity contribution is -0.138. The van der Waals surface area contributed by atoms with E-state index in [1.54, 1.807) is 4.90 Å². The van der Waals surface area contributed by atoms with Gasteiger partial charge in [-0.15, -0.1) is 0 Å². The van der Waals surface area contributed by atoms with E-state index >= 15 is 0 Å². The van der Waals surface area contributed by atoms with Crippen molar-refractivity contribution >= 4 is 11.8 Å². The number of hydrogen-bond donors (Lipinski definition) is 0. The van der Waals surface area contributed by atoms with Gasteiger partial charge in [-0.2, -0.15) is 0 Å². The SMILES string of the molecule is CC[C@@H](Oc1ccc2c(c1)[C@H](c1ccc(C)cc1)N(C(=O)C1CC1)CC2)C(=O)N(C)Cc1ccccc1. The predicted molar refractivity (Wildman–Crippen MR) is 145 cm³/mol. The van der Waals surface area contributed by atoms with Crippen LogP contribution in [0.4, 0.5) is 0 Å². The molecule has 5 heteroatoms. The summed E-state index contributed by atoms with van der Waals surface area (Å²) in [6.45, 7) is 5.32. The second kappa shape index (κ2) is 10.8. The first-order valence-corrected chi connectivity index (χ1v) is 13.4. The number of rotatable bonds is 8. The van der Waals surface area contributed by atoms with Crippen molar-refractivity contribution in [2.45, 2.75) is 58.2 Å². The van der Waals surface area contributed by atoms with E-state index in [2.05, 4.69) is 48.2 Å². The number of nitrogens with zero attached hydrogens (tertiary/aromatic N) is 2. The molecule has 0 aromatic heterocycles. The minimum Gasteiger partial charge on any atom is -0.481 e. The Hall–Kier alpha value is -3.60. The highest BCUT2D eigenvalue weighted by Crippen LogP contribution is 2.41. The van der Waals surface area contributed by atoms with Crippen molar-refractivity contribution in [1.82, 2.24) is 9.80 Å². The normalized spacial score (nSPS) is 17.6. The first-order valence-electron chi connectivity index (χ1n) is 13.4. The van der Waals surface area contributed by atoms with Crippen LogP contribution in [0.5, 0.6) is 5.75 Å². The van der Waals surface area contributed by atoms with Crippen molar-refractivity contribution in [3.63, 3.8) is 0 Å². The molecule has 3 aromatic carbocycles. The van der Waals surface area contributed by atoms with E-state index in [9.17, 15) is 9.59 Å². The van der Waals surface area contributed by atoms with Crippen LogP contribution in [0.1, 0.15) is 60.0 Å². The molecule has 5 nitrogen and oxygen atoms in total. The summed E-state index contributed by atoms with van der Waals surface area (Å²) in [6, 6.07) is 24.5. The Kier molecular flexibility index (Phi) is 7.31. The smallest absolute Gasteiger partial charge is 0.263 e. The number of carbonyl (C=O) groups is 2. The predicted octanol–water partition coefficient (Wildman–Crippen LogP) is 5.70. The van der Waals surface area contributed by atoms with Crippen LogP contribution in [0.15, 0.2) is 72.8 Å². The molecule has 0 unspecified atom stereocenters. The summed E-state index contributed by atoms with van der Waals surface area (Å²) in [7, 11) is 1.82. The van der Waals surface area contributed by atoms with Gasteiger partial charge in [-0.25, -0.2) is 0 Å². The molecule has 1 heterocycles. The zero-order valence-corrected chi connectivity index (χ0v) is 22.0. The van der Waals surface area contributed by atoms with Crippen molar-refractivity contribution < 1.29 is 14.3 Å². The van der Waals surface area contributed by atoms with E-state index in [0.717, 1.165) is 42.5 Å². The first-order chi connectivity index (χ1) is 17.9. The Labute approximate surface area is 220 Å². The van der Waals surface area contributed by atoms with Gasteiger partial charge in [-0.3, -0.25) is 9.59 Å². The number of aryl methyl sites for hydroxylation is 1. The zero-order chi connectivity index (χ0) is 25.9. The summed E-state index contributed by atoms with van der Waals surface area (Å²) >= 11 is 0. The number of ether oxygens (including phenoxy) is 1. The molecule has 0 N–H and O–H groups in total. The molecule has 0 radical (unpaired) electrons. The van der Waals surface area contributed by atoms with E-state index in [1.165, 1.54) is 11.1 Å². The third kappa shape index (κ3) is 5.56. The summed E-state index contributed by atoms with van der Waals surface area (Å²) in [5.74, 6) is 1.05. The number of likely N-dealkylation sites (N-methyl/N-ethyl adjacent to an activating group) is 1. The van der Waals surface area contributed by atoms with E-state index in [-0.39, 0.29) is 23.8 Å². The van der Waals surface area contributed by atoms with E-state index < -0.39 is 6.10 Å². The van der Waals surface area contributed by atoms with Gasteiger partial charge in [-0.1, -0.05) is 73.2 Å². The van der Waals surface area contributed by atoms with Crippen LogP contribution in [0.3, 0.4) is 0 Å². The van der Waals surface area contributed by atoms with Gasteiger partial charge in [-0.05, 0) is 67.0 Å². The van der Waals surface area contributed by atoms with E-state index in [0.29, 0.717) is 18.7 Å². The Morgan fingerprint density at radius 3 is 2.43 bits per heavy atom. The summed E-state index contributed by atoms with van der Waals surface area (Å²) in [4.78, 5) is 30.3. The van der Waals surface area contributed by atoms with Gasteiger partial charge < -0.3 is 14.5 Å². The molecular formula is C32H36N2O3. The van der Waals surface area contributed by atoms with E-state index in [1.807, 2.05) is 50.4 Å². The molecule has 0 saturated heterocycles. The van der Waals surface area contributed by atoms with Crippen LogP contribution in [0.25, 0.3) is 0 Å². The maximum Gasteiger partial charge on any atom is 0.263 e. The number of amides is 2. The third-order valence-corrected chi connectivity index (χ3v) is 7.51. The largest absolute Gasteiger partial charge is 0.481 e. The summed E-state index contributed by atoms with van der Waals surface area (Å²) < 4.78 is 6.31. The molecule has 2 amide bonds. The molecule has 5 rings (SSSR count). The molecule has 1 aliphatic heterocycles. The highest BCUT2D eigenvalue weighted by Gasteiger charge is 2.39. The summed E-state index contributed by atoms with van der Waals surface area (Å²) in [5.41, 5.74) is 5.73. The molecule has 1 fully saturated rings. The summed E-state index contributed by atoms with van der Waals surface area (Å²) in [6.07, 6.45) is 2.80. The average molecular weight is 497 g/mol. The lowest BCUT2D eigenvalue weighted by Crippen LogP contribution is -2.41. The summed E-state index contributed by atoms with van der Waals surface area (Å²) in [5, 5.41) is 0. The fourth-order valence-corrected chi connectivity index (χ4v) is 5.23. The van der Waals surface area contributed by atoms with Crippen LogP contribution in [-0.2, 0) is 22.6 Å². The fourth-order valence-electron chi connectivity index (χ4n) is 5.23. The van der Waals surface area contributed by atoms with E-state index in [4.69, 9.17) is 4.74 Å². The minimum atomic E-state index is -0.572. The maximum absolute atomic E-state index is 13.3. The lowest BCUT2D eigenvalue weighted by atomic mass is 9.87. The molecule has 2 atom stereocenters. The Bertz CT molecular complexity index is 1250. The van der Waals surface area contributed by atoms with Crippen molar-refractivity contribution in [2.24, 2.45) is 5.92 Å². The standard InChI is InChI=1S/C32H36N2O3/c1-4-29(32(36)33(3)21-23-8-6-5-7-9-23)37-27-17-16-24-18-19-34(31(35)26-14-15-26)30(28(24)20-27)25-12-10-22(2)11-13-25/h5-13,16-17,20,26,29-30H,4,14-15,18-19,21H2,1-3H3/t29-,30+/m1/s1. The number of fused-ring (bicyclic) bond motifs is 1. The molecule has 37 heavy (non-hydrogen) atoms. The second-order valence-electron chi connectivity index (χ2n) is 10.4. The van der Waals surface area contributed by atoms with Crippen LogP contribution in [0, 0.1) is 12.8 Å². The Morgan fingerprint density at radius 1 is 1.03 bits per heavy atom. The molecule has 1 aliphatic carbocycles. The lowest BCUT2D eigenvalue weighted by Gasteiger charge is -2.38. The Morgan fingerprint density at radius 2 is 1.76 bits per heavy atom. The zero-order valence-electron chi connectivity index (χ0n) is 22.0. The van der Waals surface area contributed by atoms with Gasteiger partial charge >= 0.3 is 0 Å². The van der Waals surface area contributed by atoms with Gasteiger partial charge in [0.15, 0.2) is 6.10 Å². The topological polar surface area (TPSA) is 49.9 Å². The van der Waals surface area contributed by atoms with Crippen molar-refractivity contribution in [1.29, 1.82) is 0 Å². The highest BCUT2D eigenvalue weighted by atomic mass is 16.5. The van der Waals surface area contributed by atoms with Gasteiger partial charge in [0, 0.05) is 26.1 Å². The molecule has 0 spiro atoms.